The SMILES string of the molecule is COC(=N)Nc1ccc(F)cc1. The summed E-state index contributed by atoms with van der Waals surface area (Å²) >= 11 is 0. The van der Waals surface area contributed by atoms with Gasteiger partial charge in [-0.05, 0) is 24.3 Å². The number of anilines is 1. The van der Waals surface area contributed by atoms with E-state index in [9.17, 15) is 4.39 Å². The van der Waals surface area contributed by atoms with Gasteiger partial charge in [0.2, 0.25) is 0 Å². The lowest BCUT2D eigenvalue weighted by molar-refractivity contribution is 0.398. The van der Waals surface area contributed by atoms with Crippen molar-refractivity contribution in [2.24, 2.45) is 0 Å². The van der Waals surface area contributed by atoms with E-state index in [-0.39, 0.29) is 11.8 Å². The summed E-state index contributed by atoms with van der Waals surface area (Å²) in [6.45, 7) is 0. The van der Waals surface area contributed by atoms with Gasteiger partial charge in [0.15, 0.2) is 0 Å². The predicted octanol–water partition coefficient (Wildman–Crippen LogP) is 1.82. The largest absolute Gasteiger partial charge is 0.469 e. The molecule has 3 nitrogen and oxygen atoms in total. The lowest BCUT2D eigenvalue weighted by Gasteiger charge is -2.04. The normalized spacial score (nSPS) is 9.17. The number of amidine groups is 1. The fraction of sp³-hybridized carbons (Fsp3) is 0.125. The third-order valence-electron chi connectivity index (χ3n) is 1.31. The van der Waals surface area contributed by atoms with E-state index in [1.54, 1.807) is 0 Å². The number of benzene rings is 1. The van der Waals surface area contributed by atoms with Crippen molar-refractivity contribution in [3.05, 3.63) is 30.1 Å². The van der Waals surface area contributed by atoms with E-state index in [1.807, 2.05) is 0 Å². The predicted molar refractivity (Wildman–Crippen MR) is 44.8 cm³/mol. The van der Waals surface area contributed by atoms with Crippen molar-refractivity contribution in [3.8, 4) is 0 Å². The summed E-state index contributed by atoms with van der Waals surface area (Å²) in [5.41, 5.74) is 0.628. The van der Waals surface area contributed by atoms with E-state index < -0.39 is 0 Å². The fourth-order valence-corrected chi connectivity index (χ4v) is 0.715. The zero-order valence-electron chi connectivity index (χ0n) is 6.60. The first-order valence-electron chi connectivity index (χ1n) is 3.37. The molecular weight excluding hydrogens is 159 g/mol. The van der Waals surface area contributed by atoms with Gasteiger partial charge in [-0.25, -0.2) is 4.39 Å². The Bertz CT molecular complexity index is 271. The maximum atomic E-state index is 12.4. The number of hydrogen-bond donors (Lipinski definition) is 2. The van der Waals surface area contributed by atoms with Gasteiger partial charge in [0.05, 0.1) is 7.11 Å². The van der Waals surface area contributed by atoms with Crippen molar-refractivity contribution in [1.29, 1.82) is 5.41 Å². The van der Waals surface area contributed by atoms with Crippen LogP contribution in [0.5, 0.6) is 0 Å². The van der Waals surface area contributed by atoms with E-state index in [2.05, 4.69) is 10.1 Å². The molecule has 0 bridgehead atoms. The van der Waals surface area contributed by atoms with Gasteiger partial charge in [-0.3, -0.25) is 5.41 Å². The molecule has 0 heterocycles. The van der Waals surface area contributed by atoms with Crippen LogP contribution in [-0.4, -0.2) is 13.1 Å². The number of nitrogens with one attached hydrogen (secondary N) is 2. The summed E-state index contributed by atoms with van der Waals surface area (Å²) in [6.07, 6.45) is 0. The minimum Gasteiger partial charge on any atom is -0.469 e. The lowest BCUT2D eigenvalue weighted by Crippen LogP contribution is -2.11. The average Bonchev–Trinajstić information content (AvgIpc) is 2.09. The molecule has 1 aromatic carbocycles. The zero-order valence-corrected chi connectivity index (χ0v) is 6.60. The van der Waals surface area contributed by atoms with Crippen LogP contribution < -0.4 is 5.32 Å². The zero-order chi connectivity index (χ0) is 8.97. The van der Waals surface area contributed by atoms with Crippen molar-refractivity contribution in [2.45, 2.75) is 0 Å². The minimum absolute atomic E-state index is 0.0680. The highest BCUT2D eigenvalue weighted by molar-refractivity contribution is 5.86. The second-order valence-electron chi connectivity index (χ2n) is 2.17. The summed E-state index contributed by atoms with van der Waals surface area (Å²) < 4.78 is 17.0. The molecule has 64 valence electrons. The Kier molecular flexibility index (Phi) is 2.63. The Balaban J connectivity index is 2.64. The van der Waals surface area contributed by atoms with E-state index in [0.29, 0.717) is 5.69 Å². The van der Waals surface area contributed by atoms with Crippen LogP contribution in [0.4, 0.5) is 10.1 Å². The molecule has 0 amide bonds. The van der Waals surface area contributed by atoms with Gasteiger partial charge in [-0.15, -0.1) is 0 Å². The van der Waals surface area contributed by atoms with Crippen molar-refractivity contribution < 1.29 is 9.13 Å². The van der Waals surface area contributed by atoms with Crippen LogP contribution in [-0.2, 0) is 4.74 Å². The first-order chi connectivity index (χ1) is 5.72. The van der Waals surface area contributed by atoms with Crippen LogP contribution in [0, 0.1) is 11.2 Å². The van der Waals surface area contributed by atoms with Crippen molar-refractivity contribution in [1.82, 2.24) is 0 Å². The third kappa shape index (κ3) is 2.23. The number of methoxy groups -OCH3 is 1. The first-order valence-corrected chi connectivity index (χ1v) is 3.37. The number of ether oxygens (including phenoxy) is 1. The molecule has 1 rings (SSSR count). The van der Waals surface area contributed by atoms with Gasteiger partial charge >= 0.3 is 0 Å². The van der Waals surface area contributed by atoms with Crippen LogP contribution in [0.25, 0.3) is 0 Å². The smallest absolute Gasteiger partial charge is 0.285 e. The third-order valence-corrected chi connectivity index (χ3v) is 1.31. The van der Waals surface area contributed by atoms with Gasteiger partial charge < -0.3 is 10.1 Å². The standard InChI is InChI=1S/C8H9FN2O/c1-12-8(10)11-7-4-2-6(9)3-5-7/h2-5H,1H3,(H2,10,11). The van der Waals surface area contributed by atoms with Crippen LogP contribution in [0.3, 0.4) is 0 Å². The quantitative estimate of drug-likeness (QED) is 0.496. The molecule has 1 aromatic rings. The Morgan fingerprint density at radius 2 is 2.00 bits per heavy atom. The summed E-state index contributed by atoms with van der Waals surface area (Å²) in [5, 5.41) is 9.71. The molecule has 0 aromatic heterocycles. The molecule has 0 aliphatic carbocycles. The van der Waals surface area contributed by atoms with Crippen molar-refractivity contribution >= 4 is 11.7 Å². The molecule has 0 radical (unpaired) electrons. The second-order valence-corrected chi connectivity index (χ2v) is 2.17. The molecule has 2 N–H and O–H groups in total. The number of rotatable bonds is 1. The number of halogens is 1. The highest BCUT2D eigenvalue weighted by Gasteiger charge is 1.95. The monoisotopic (exact) mass is 168 g/mol. The lowest BCUT2D eigenvalue weighted by atomic mass is 10.3. The van der Waals surface area contributed by atoms with Gasteiger partial charge in [-0.1, -0.05) is 0 Å². The molecule has 0 unspecified atom stereocenters. The maximum Gasteiger partial charge on any atom is 0.285 e. The Morgan fingerprint density at radius 3 is 2.50 bits per heavy atom. The Hall–Kier alpha value is -1.58. The van der Waals surface area contributed by atoms with Gasteiger partial charge in [0, 0.05) is 5.69 Å². The second kappa shape index (κ2) is 3.71. The molecule has 0 atom stereocenters. The minimum atomic E-state index is -0.301. The van der Waals surface area contributed by atoms with Crippen LogP contribution in [0.1, 0.15) is 0 Å². The van der Waals surface area contributed by atoms with Crippen molar-refractivity contribution in [3.63, 3.8) is 0 Å². The van der Waals surface area contributed by atoms with E-state index in [4.69, 9.17) is 5.41 Å². The van der Waals surface area contributed by atoms with E-state index in [0.717, 1.165) is 0 Å². The summed E-state index contributed by atoms with van der Waals surface area (Å²) in [5.74, 6) is -0.301. The summed E-state index contributed by atoms with van der Waals surface area (Å²) in [6, 6.07) is 5.61. The van der Waals surface area contributed by atoms with Gasteiger partial charge in [0.1, 0.15) is 5.82 Å². The molecule has 4 heteroatoms. The van der Waals surface area contributed by atoms with Crippen LogP contribution in [0.2, 0.25) is 0 Å². The fourth-order valence-electron chi connectivity index (χ4n) is 0.715. The molecule has 0 spiro atoms. The van der Waals surface area contributed by atoms with Crippen LogP contribution in [0.15, 0.2) is 24.3 Å². The van der Waals surface area contributed by atoms with Gasteiger partial charge in [-0.2, -0.15) is 0 Å². The molecule has 0 saturated heterocycles. The Labute approximate surface area is 69.7 Å². The number of hydrogen-bond acceptors (Lipinski definition) is 2. The maximum absolute atomic E-state index is 12.4. The van der Waals surface area contributed by atoms with E-state index >= 15 is 0 Å². The first kappa shape index (κ1) is 8.52. The van der Waals surface area contributed by atoms with E-state index in [1.165, 1.54) is 31.4 Å². The molecule has 0 aliphatic heterocycles. The molecule has 0 saturated carbocycles. The highest BCUT2D eigenvalue weighted by Crippen LogP contribution is 2.07. The average molecular weight is 168 g/mol. The van der Waals surface area contributed by atoms with Gasteiger partial charge in [0.25, 0.3) is 6.02 Å². The Morgan fingerprint density at radius 1 is 1.42 bits per heavy atom. The molecule has 12 heavy (non-hydrogen) atoms. The summed E-state index contributed by atoms with van der Waals surface area (Å²) in [7, 11) is 1.39. The topological polar surface area (TPSA) is 45.1 Å². The highest BCUT2D eigenvalue weighted by atomic mass is 19.1. The molecular formula is C8H9FN2O. The summed E-state index contributed by atoms with van der Waals surface area (Å²) in [4.78, 5) is 0. The van der Waals surface area contributed by atoms with Crippen molar-refractivity contribution in [2.75, 3.05) is 12.4 Å². The van der Waals surface area contributed by atoms with Crippen LogP contribution >= 0.6 is 0 Å². The molecule has 0 aliphatic rings. The molecule has 0 fully saturated rings.